The van der Waals surface area contributed by atoms with Crippen molar-refractivity contribution < 1.29 is 23.7 Å². The lowest BCUT2D eigenvalue weighted by Crippen LogP contribution is -2.04. The fourth-order valence-corrected chi connectivity index (χ4v) is 1.81. The predicted molar refractivity (Wildman–Crippen MR) is 71.1 cm³/mol. The van der Waals surface area contributed by atoms with Gasteiger partial charge in [-0.15, -0.1) is 0 Å². The Bertz CT molecular complexity index is 494. The normalized spacial score (nSPS) is 15.7. The van der Waals surface area contributed by atoms with Gasteiger partial charge >= 0.3 is 5.97 Å². The number of carbonyl (C=O) groups excluding carboxylic acids is 1. The second-order valence-electron chi connectivity index (χ2n) is 4.03. The SMILES string of the molecule is CCOC(=O)/C=C/c1cnc(OC)c(C2OCCO2)c1. The second kappa shape index (κ2) is 7.02. The molecule has 2 rings (SSSR count). The van der Waals surface area contributed by atoms with E-state index in [4.69, 9.17) is 18.9 Å². The Morgan fingerprint density at radius 2 is 2.25 bits per heavy atom. The van der Waals surface area contributed by atoms with Crippen LogP contribution in [0.1, 0.15) is 24.3 Å². The minimum atomic E-state index is -0.478. The van der Waals surface area contributed by atoms with Crippen LogP contribution in [-0.2, 0) is 19.0 Å². The van der Waals surface area contributed by atoms with Gasteiger partial charge in [0, 0.05) is 12.3 Å². The van der Waals surface area contributed by atoms with Crippen molar-refractivity contribution in [2.24, 2.45) is 0 Å². The molecule has 1 aliphatic rings. The number of hydrogen-bond acceptors (Lipinski definition) is 6. The van der Waals surface area contributed by atoms with Gasteiger partial charge in [-0.05, 0) is 24.6 Å². The molecule has 0 aromatic carbocycles. The third-order valence-corrected chi connectivity index (χ3v) is 2.67. The van der Waals surface area contributed by atoms with Crippen LogP contribution in [0, 0.1) is 0 Å². The topological polar surface area (TPSA) is 66.9 Å². The summed E-state index contributed by atoms with van der Waals surface area (Å²) in [5, 5.41) is 0. The molecule has 1 saturated heterocycles. The molecule has 1 aromatic rings. The average Bonchev–Trinajstić information content (AvgIpc) is 2.99. The zero-order valence-electron chi connectivity index (χ0n) is 11.5. The monoisotopic (exact) mass is 279 g/mol. The molecule has 6 nitrogen and oxygen atoms in total. The molecule has 20 heavy (non-hydrogen) atoms. The van der Waals surface area contributed by atoms with Crippen LogP contribution >= 0.6 is 0 Å². The van der Waals surface area contributed by atoms with Gasteiger partial charge in [-0.3, -0.25) is 0 Å². The molecular formula is C14H17NO5. The molecule has 0 N–H and O–H groups in total. The number of rotatable bonds is 5. The summed E-state index contributed by atoms with van der Waals surface area (Å²) >= 11 is 0. The van der Waals surface area contributed by atoms with Crippen LogP contribution in [0.25, 0.3) is 6.08 Å². The van der Waals surface area contributed by atoms with E-state index in [0.29, 0.717) is 31.3 Å². The second-order valence-corrected chi connectivity index (χ2v) is 4.03. The Morgan fingerprint density at radius 1 is 1.50 bits per heavy atom. The molecule has 1 aromatic heterocycles. The van der Waals surface area contributed by atoms with Crippen LogP contribution in [0.15, 0.2) is 18.3 Å². The minimum absolute atomic E-state index is 0.346. The van der Waals surface area contributed by atoms with Gasteiger partial charge in [0.25, 0.3) is 0 Å². The van der Waals surface area contributed by atoms with Crippen molar-refractivity contribution in [3.8, 4) is 5.88 Å². The molecule has 0 amide bonds. The van der Waals surface area contributed by atoms with Crippen molar-refractivity contribution in [3.05, 3.63) is 29.5 Å². The quantitative estimate of drug-likeness (QED) is 0.604. The van der Waals surface area contributed by atoms with E-state index in [9.17, 15) is 4.79 Å². The summed E-state index contributed by atoms with van der Waals surface area (Å²) in [6, 6.07) is 1.82. The van der Waals surface area contributed by atoms with Crippen LogP contribution in [0.5, 0.6) is 5.88 Å². The first kappa shape index (κ1) is 14.5. The Balaban J connectivity index is 2.18. The van der Waals surface area contributed by atoms with Crippen molar-refractivity contribution in [2.45, 2.75) is 13.2 Å². The molecule has 0 saturated carbocycles. The predicted octanol–water partition coefficient (Wildman–Crippen LogP) is 1.71. The van der Waals surface area contributed by atoms with Crippen LogP contribution < -0.4 is 4.74 Å². The van der Waals surface area contributed by atoms with Gasteiger partial charge in [0.2, 0.25) is 5.88 Å². The van der Waals surface area contributed by atoms with E-state index in [-0.39, 0.29) is 0 Å². The van der Waals surface area contributed by atoms with Gasteiger partial charge < -0.3 is 18.9 Å². The molecule has 0 spiro atoms. The van der Waals surface area contributed by atoms with E-state index in [1.54, 1.807) is 19.2 Å². The standard InChI is InChI=1S/C14H17NO5/c1-3-18-12(16)5-4-10-8-11(13(17-2)15-9-10)14-19-6-7-20-14/h4-5,8-9,14H,3,6-7H2,1-2H3/b5-4+. The summed E-state index contributed by atoms with van der Waals surface area (Å²) in [6.07, 6.45) is 4.11. The van der Waals surface area contributed by atoms with E-state index in [0.717, 1.165) is 5.56 Å². The highest BCUT2D eigenvalue weighted by molar-refractivity contribution is 5.87. The first-order valence-corrected chi connectivity index (χ1v) is 6.36. The molecule has 108 valence electrons. The number of esters is 1. The number of pyridine rings is 1. The number of hydrogen-bond donors (Lipinski definition) is 0. The molecule has 0 aliphatic carbocycles. The fraction of sp³-hybridized carbons (Fsp3) is 0.429. The molecule has 6 heteroatoms. The van der Waals surface area contributed by atoms with E-state index in [2.05, 4.69) is 4.98 Å². The summed E-state index contributed by atoms with van der Waals surface area (Å²) in [5.74, 6) is 0.0587. The van der Waals surface area contributed by atoms with Gasteiger partial charge in [0.15, 0.2) is 6.29 Å². The zero-order chi connectivity index (χ0) is 14.4. The Hall–Kier alpha value is -1.92. The van der Waals surface area contributed by atoms with Crippen LogP contribution in [0.4, 0.5) is 0 Å². The summed E-state index contributed by atoms with van der Waals surface area (Å²) in [7, 11) is 1.54. The number of nitrogens with zero attached hydrogens (tertiary/aromatic N) is 1. The van der Waals surface area contributed by atoms with E-state index >= 15 is 0 Å². The lowest BCUT2D eigenvalue weighted by molar-refractivity contribution is -0.137. The highest BCUT2D eigenvalue weighted by atomic mass is 16.7. The number of ether oxygens (including phenoxy) is 4. The summed E-state index contributed by atoms with van der Waals surface area (Å²) in [4.78, 5) is 15.5. The molecule has 0 radical (unpaired) electrons. The fourth-order valence-electron chi connectivity index (χ4n) is 1.81. The maximum atomic E-state index is 11.3. The molecular weight excluding hydrogens is 262 g/mol. The average molecular weight is 279 g/mol. The van der Waals surface area contributed by atoms with Crippen molar-refractivity contribution >= 4 is 12.0 Å². The van der Waals surface area contributed by atoms with Gasteiger partial charge in [0.05, 0.1) is 32.5 Å². The molecule has 0 atom stereocenters. The van der Waals surface area contributed by atoms with Crippen molar-refractivity contribution in [1.82, 2.24) is 4.98 Å². The Morgan fingerprint density at radius 3 is 2.90 bits per heavy atom. The Kier molecular flexibility index (Phi) is 5.09. The zero-order valence-corrected chi connectivity index (χ0v) is 11.5. The van der Waals surface area contributed by atoms with Gasteiger partial charge in [-0.2, -0.15) is 0 Å². The maximum absolute atomic E-state index is 11.3. The minimum Gasteiger partial charge on any atom is -0.481 e. The van der Waals surface area contributed by atoms with E-state index in [1.807, 2.05) is 6.07 Å². The maximum Gasteiger partial charge on any atom is 0.330 e. The lowest BCUT2D eigenvalue weighted by atomic mass is 10.1. The molecule has 1 aliphatic heterocycles. The summed E-state index contributed by atoms with van der Waals surface area (Å²) < 4.78 is 20.9. The van der Waals surface area contributed by atoms with Gasteiger partial charge in [0.1, 0.15) is 0 Å². The first-order valence-electron chi connectivity index (χ1n) is 6.36. The lowest BCUT2D eigenvalue weighted by Gasteiger charge is -2.13. The number of methoxy groups -OCH3 is 1. The van der Waals surface area contributed by atoms with Crippen LogP contribution in [-0.4, -0.2) is 37.9 Å². The third-order valence-electron chi connectivity index (χ3n) is 2.67. The van der Waals surface area contributed by atoms with Crippen LogP contribution in [0.3, 0.4) is 0 Å². The largest absolute Gasteiger partial charge is 0.481 e. The summed E-state index contributed by atoms with van der Waals surface area (Å²) in [5.41, 5.74) is 1.45. The number of aromatic nitrogens is 1. The van der Waals surface area contributed by atoms with Crippen molar-refractivity contribution in [3.63, 3.8) is 0 Å². The highest BCUT2D eigenvalue weighted by Crippen LogP contribution is 2.30. The summed E-state index contributed by atoms with van der Waals surface area (Å²) in [6.45, 7) is 3.18. The van der Waals surface area contributed by atoms with Gasteiger partial charge in [-0.1, -0.05) is 0 Å². The van der Waals surface area contributed by atoms with E-state index in [1.165, 1.54) is 13.2 Å². The van der Waals surface area contributed by atoms with Crippen molar-refractivity contribution in [2.75, 3.05) is 26.9 Å². The number of carbonyl (C=O) groups is 1. The highest BCUT2D eigenvalue weighted by Gasteiger charge is 2.23. The first-order chi connectivity index (χ1) is 9.74. The molecule has 1 fully saturated rings. The molecule has 2 heterocycles. The van der Waals surface area contributed by atoms with Crippen molar-refractivity contribution in [1.29, 1.82) is 0 Å². The third kappa shape index (κ3) is 3.55. The smallest absolute Gasteiger partial charge is 0.330 e. The molecule has 0 bridgehead atoms. The van der Waals surface area contributed by atoms with Crippen LogP contribution in [0.2, 0.25) is 0 Å². The molecule has 0 unspecified atom stereocenters. The van der Waals surface area contributed by atoms with Gasteiger partial charge in [-0.25, -0.2) is 9.78 Å². The van der Waals surface area contributed by atoms with E-state index < -0.39 is 12.3 Å². The Labute approximate surface area is 117 Å².